The van der Waals surface area contributed by atoms with E-state index in [9.17, 15) is 0 Å². The van der Waals surface area contributed by atoms with Gasteiger partial charge in [-0.25, -0.2) is 0 Å². The van der Waals surface area contributed by atoms with Gasteiger partial charge in [-0.05, 0) is 41.5 Å². The van der Waals surface area contributed by atoms with Gasteiger partial charge < -0.3 is 0 Å². The maximum atomic E-state index is 3.81. The van der Waals surface area contributed by atoms with Crippen molar-refractivity contribution in [1.29, 1.82) is 0 Å². The molecule has 0 unspecified atom stereocenters. The number of rotatable bonds is 3. The van der Waals surface area contributed by atoms with E-state index in [4.69, 9.17) is 0 Å². The molecule has 0 N–H and O–H groups in total. The first-order chi connectivity index (χ1) is 13.0. The van der Waals surface area contributed by atoms with Gasteiger partial charge in [0.05, 0.1) is 8.07 Å². The van der Waals surface area contributed by atoms with Crippen LogP contribution in [0.3, 0.4) is 0 Å². The molecule has 0 bridgehead atoms. The van der Waals surface area contributed by atoms with Gasteiger partial charge in [0.25, 0.3) is 0 Å². The largest absolute Gasteiger partial charge is 1.00 e. The average molecular weight is 393 g/mol. The predicted molar refractivity (Wildman–Crippen MR) is 128 cm³/mol. The molecule has 3 rings (SSSR count). The summed E-state index contributed by atoms with van der Waals surface area (Å²) in [5.74, 6) is 0. The molecular weight excluding hydrogens is 359 g/mol. The monoisotopic (exact) mass is 392 g/mol. The summed E-state index contributed by atoms with van der Waals surface area (Å²) in [6.45, 7) is 20.6. The van der Waals surface area contributed by atoms with E-state index in [2.05, 4.69) is 104 Å². The summed E-state index contributed by atoms with van der Waals surface area (Å²) in [5, 5.41) is 1.50. The topological polar surface area (TPSA) is 0 Å². The number of hydrogen-bond acceptors (Lipinski definition) is 0. The molecule has 0 aromatic heterocycles. The van der Waals surface area contributed by atoms with Crippen LogP contribution in [-0.2, 0) is 0 Å². The van der Waals surface area contributed by atoms with Gasteiger partial charge in [-0.1, -0.05) is 88.4 Å². The molecule has 0 heterocycles. The second-order valence-corrected chi connectivity index (χ2v) is 14.6. The molecule has 146 valence electrons. The third-order valence-electron chi connectivity index (χ3n) is 5.63. The minimum absolute atomic E-state index is 0. The Balaban J connectivity index is 0.00000300. The van der Waals surface area contributed by atoms with Crippen LogP contribution in [0.25, 0.3) is 22.3 Å². The van der Waals surface area contributed by atoms with Crippen molar-refractivity contribution in [1.82, 2.24) is 0 Å². The van der Waals surface area contributed by atoms with Crippen LogP contribution in [0.4, 0.5) is 0 Å². The van der Waals surface area contributed by atoms with Crippen LogP contribution in [0.5, 0.6) is 0 Å². The second kappa shape index (κ2) is 8.69. The summed E-state index contributed by atoms with van der Waals surface area (Å²) in [4.78, 5) is 0. The van der Waals surface area contributed by atoms with Crippen molar-refractivity contribution in [3.8, 4) is 22.3 Å². The average Bonchev–Trinajstić information content (AvgIpc) is 2.51. The third-order valence-corrected chi connectivity index (χ3v) is 7.65. The summed E-state index contributed by atoms with van der Waals surface area (Å²) >= 11 is 0. The maximum absolute atomic E-state index is 3.81. The van der Waals surface area contributed by atoms with E-state index in [0.29, 0.717) is 0 Å². The van der Waals surface area contributed by atoms with Crippen molar-refractivity contribution in [2.45, 2.75) is 61.2 Å². The van der Waals surface area contributed by atoms with Crippen LogP contribution >= 0.6 is 0 Å². The Morgan fingerprint density at radius 3 is 1.14 bits per heavy atom. The smallest absolute Gasteiger partial charge is 0.126 e. The molecule has 0 aliphatic rings. The van der Waals surface area contributed by atoms with Crippen molar-refractivity contribution in [2.75, 3.05) is 0 Å². The van der Waals surface area contributed by atoms with Crippen molar-refractivity contribution >= 4 is 13.3 Å². The molecule has 0 fully saturated rings. The zero-order chi connectivity index (χ0) is 20.8. The van der Waals surface area contributed by atoms with E-state index in [1.165, 1.54) is 60.8 Å². The maximum Gasteiger partial charge on any atom is 1.00 e. The van der Waals surface area contributed by atoms with Crippen molar-refractivity contribution < 1.29 is 18.9 Å². The zero-order valence-corrected chi connectivity index (χ0v) is 21.0. The Labute approximate surface area is 191 Å². The molecule has 3 aromatic carbocycles. The number of hydrogen-bond donors (Lipinski definition) is 0. The van der Waals surface area contributed by atoms with Crippen LogP contribution in [0.2, 0.25) is 19.6 Å². The first-order valence-electron chi connectivity index (χ1n) is 10.2. The van der Waals surface area contributed by atoms with Crippen molar-refractivity contribution in [3.63, 3.8) is 0 Å². The standard InChI is InChI=1S/C27H33Si.Li/c1-17-10-19(3)26(20(4)11-17)23-14-24(16-25(15-23)28(7,8)9)27-21(5)12-18(2)13-22(27)6;/h10-13,15-16H,1-9H3;/q-1;+1. The first-order valence-corrected chi connectivity index (χ1v) is 13.7. The molecule has 0 radical (unpaired) electrons. The predicted octanol–water partition coefficient (Wildman–Crippen LogP) is 4.22. The van der Waals surface area contributed by atoms with Crippen molar-refractivity contribution in [2.24, 2.45) is 0 Å². The van der Waals surface area contributed by atoms with Gasteiger partial charge in [-0.2, -0.15) is 0 Å². The Hall–Kier alpha value is -1.53. The fraction of sp³-hybridized carbons (Fsp3) is 0.333. The molecule has 0 saturated carbocycles. The van der Waals surface area contributed by atoms with Gasteiger partial charge in [0.2, 0.25) is 0 Å². The van der Waals surface area contributed by atoms with Crippen LogP contribution in [-0.4, -0.2) is 8.07 Å². The fourth-order valence-corrected chi connectivity index (χ4v) is 5.64. The minimum Gasteiger partial charge on any atom is -0.126 e. The van der Waals surface area contributed by atoms with E-state index >= 15 is 0 Å². The molecule has 0 spiro atoms. The summed E-state index contributed by atoms with van der Waals surface area (Å²) in [6, 6.07) is 17.8. The zero-order valence-electron chi connectivity index (χ0n) is 20.0. The number of benzene rings is 3. The summed E-state index contributed by atoms with van der Waals surface area (Å²) in [5.41, 5.74) is 13.2. The first kappa shape index (κ1) is 23.8. The SMILES string of the molecule is Cc1cc(C)c(-c2[c-]c(-c3c(C)cc(C)cc3C)cc([Si](C)(C)C)c2)c(C)c1.[Li+]. The summed E-state index contributed by atoms with van der Waals surface area (Å²) < 4.78 is 0. The van der Waals surface area contributed by atoms with Crippen LogP contribution < -0.4 is 24.0 Å². The quantitative estimate of drug-likeness (QED) is 0.462. The number of aryl methyl sites for hydroxylation is 6. The van der Waals surface area contributed by atoms with Crippen LogP contribution in [0.15, 0.2) is 36.4 Å². The van der Waals surface area contributed by atoms with E-state index < -0.39 is 8.07 Å². The van der Waals surface area contributed by atoms with Crippen LogP contribution in [0.1, 0.15) is 33.4 Å². The molecule has 0 nitrogen and oxygen atoms in total. The van der Waals surface area contributed by atoms with Gasteiger partial charge in [0, 0.05) is 0 Å². The Bertz CT molecular complexity index is 933. The molecule has 0 aliphatic heterocycles. The molecule has 0 aliphatic carbocycles. The summed E-state index contributed by atoms with van der Waals surface area (Å²) in [6.07, 6.45) is 0. The van der Waals surface area contributed by atoms with E-state index in [1.807, 2.05) is 0 Å². The third kappa shape index (κ3) is 4.97. The van der Waals surface area contributed by atoms with E-state index in [1.54, 1.807) is 0 Å². The van der Waals surface area contributed by atoms with Gasteiger partial charge in [0.15, 0.2) is 0 Å². The summed E-state index contributed by atoms with van der Waals surface area (Å²) in [7, 11) is -1.47. The van der Waals surface area contributed by atoms with Crippen molar-refractivity contribution in [3.05, 3.63) is 75.8 Å². The molecule has 0 amide bonds. The molecular formula is C27H33LiSi. The molecule has 29 heavy (non-hydrogen) atoms. The van der Waals surface area contributed by atoms with Gasteiger partial charge >= 0.3 is 18.9 Å². The Morgan fingerprint density at radius 1 is 0.552 bits per heavy atom. The molecule has 0 saturated heterocycles. The van der Waals surface area contributed by atoms with E-state index in [-0.39, 0.29) is 18.9 Å². The Morgan fingerprint density at radius 2 is 0.862 bits per heavy atom. The minimum atomic E-state index is -1.47. The van der Waals surface area contributed by atoms with Gasteiger partial charge in [0.1, 0.15) is 0 Å². The molecule has 2 heteroatoms. The molecule has 0 atom stereocenters. The van der Waals surface area contributed by atoms with Gasteiger partial charge in [-0.15, -0.1) is 34.5 Å². The van der Waals surface area contributed by atoms with Crippen LogP contribution in [0, 0.1) is 47.6 Å². The second-order valence-electron chi connectivity index (χ2n) is 9.49. The normalized spacial score (nSPS) is 11.3. The molecule has 3 aromatic rings. The Kier molecular flexibility index (Phi) is 7.11. The van der Waals surface area contributed by atoms with Gasteiger partial charge in [-0.3, -0.25) is 0 Å². The fourth-order valence-electron chi connectivity index (χ4n) is 4.48. The van der Waals surface area contributed by atoms with E-state index in [0.717, 1.165) is 0 Å².